The second-order valence-electron chi connectivity index (χ2n) is 8.26. The number of anilines is 1. The number of benzene rings is 4. The maximum atomic E-state index is 13.3. The van der Waals surface area contributed by atoms with E-state index in [1.165, 1.54) is 12.1 Å². The van der Waals surface area contributed by atoms with Crippen LogP contribution in [0.4, 0.5) is 17.1 Å². The summed E-state index contributed by atoms with van der Waals surface area (Å²) in [5, 5.41) is 23.2. The van der Waals surface area contributed by atoms with Crippen molar-refractivity contribution in [2.24, 2.45) is 10.2 Å². The van der Waals surface area contributed by atoms with Crippen molar-refractivity contribution in [3.05, 3.63) is 81.8 Å². The number of hydrogen-bond acceptors (Lipinski definition) is 7. The van der Waals surface area contributed by atoms with Gasteiger partial charge in [0, 0.05) is 5.39 Å². The first kappa shape index (κ1) is 28.3. The van der Waals surface area contributed by atoms with Crippen LogP contribution in [0.15, 0.2) is 75.8 Å². The minimum Gasteiger partial charge on any atom is -0.505 e. The van der Waals surface area contributed by atoms with Crippen molar-refractivity contribution in [3.63, 3.8) is 0 Å². The highest BCUT2D eigenvalue weighted by molar-refractivity contribution is 7.86. The molecule has 0 aliphatic carbocycles. The first-order chi connectivity index (χ1) is 18.6. The minimum absolute atomic E-state index is 0.0855. The lowest BCUT2D eigenvalue weighted by Crippen LogP contribution is -2.13. The second kappa shape index (κ2) is 11.6. The molecule has 0 aliphatic heterocycles. The summed E-state index contributed by atoms with van der Waals surface area (Å²) in [6.45, 7) is 3.85. The third-order valence-corrected chi connectivity index (χ3v) is 7.45. The van der Waals surface area contributed by atoms with E-state index < -0.39 is 26.7 Å². The lowest BCUT2D eigenvalue weighted by molar-refractivity contribution is 0.102. The second-order valence-corrected chi connectivity index (χ2v) is 10.4. The van der Waals surface area contributed by atoms with Crippen LogP contribution in [0.25, 0.3) is 10.8 Å². The van der Waals surface area contributed by atoms with Crippen LogP contribution in [0.1, 0.15) is 29.8 Å². The number of halogens is 2. The Hall–Kier alpha value is -3.70. The fourth-order valence-electron chi connectivity index (χ4n) is 4.01. The number of amides is 1. The molecule has 0 heterocycles. The van der Waals surface area contributed by atoms with Crippen LogP contribution in [-0.4, -0.2) is 30.6 Å². The van der Waals surface area contributed by atoms with Gasteiger partial charge in [0.1, 0.15) is 16.3 Å². The average molecular weight is 588 g/mol. The van der Waals surface area contributed by atoms with Crippen LogP contribution in [0.5, 0.6) is 11.5 Å². The van der Waals surface area contributed by atoms with Crippen molar-refractivity contribution in [2.45, 2.75) is 25.2 Å². The Bertz CT molecular complexity index is 1720. The number of aryl methyl sites for hydroxylation is 1. The van der Waals surface area contributed by atoms with Crippen molar-refractivity contribution in [2.75, 3.05) is 11.9 Å². The van der Waals surface area contributed by atoms with Gasteiger partial charge in [0.2, 0.25) is 0 Å². The predicted octanol–water partition coefficient (Wildman–Crippen LogP) is 7.73. The van der Waals surface area contributed by atoms with E-state index in [4.69, 9.17) is 27.9 Å². The molecule has 0 radical (unpaired) electrons. The summed E-state index contributed by atoms with van der Waals surface area (Å²) >= 11 is 12.3. The number of phenols is 1. The van der Waals surface area contributed by atoms with Gasteiger partial charge in [-0.1, -0.05) is 66.5 Å². The number of rotatable bonds is 8. The number of carbonyl (C=O) groups is 1. The summed E-state index contributed by atoms with van der Waals surface area (Å²) in [6.07, 6.45) is 0.352. The maximum Gasteiger partial charge on any atom is 0.298 e. The van der Waals surface area contributed by atoms with Crippen LogP contribution < -0.4 is 10.1 Å². The Morgan fingerprint density at radius 2 is 1.69 bits per heavy atom. The smallest absolute Gasteiger partial charge is 0.298 e. The molecule has 4 aromatic carbocycles. The number of para-hydroxylation sites is 1. The highest BCUT2D eigenvalue weighted by Crippen LogP contribution is 2.42. The van der Waals surface area contributed by atoms with Gasteiger partial charge >= 0.3 is 0 Å². The van der Waals surface area contributed by atoms with Crippen molar-refractivity contribution < 1.29 is 27.6 Å². The molecule has 0 spiro atoms. The molecule has 4 rings (SSSR count). The minimum atomic E-state index is -4.76. The number of azo groups is 1. The van der Waals surface area contributed by atoms with Crippen molar-refractivity contribution in [1.29, 1.82) is 0 Å². The van der Waals surface area contributed by atoms with E-state index in [9.17, 15) is 22.9 Å². The van der Waals surface area contributed by atoms with E-state index in [2.05, 4.69) is 15.5 Å². The van der Waals surface area contributed by atoms with E-state index in [-0.39, 0.29) is 27.7 Å². The molecular formula is C27H23Cl2N3O6S. The number of carbonyl (C=O) groups excluding carboxylic acids is 1. The molecule has 0 saturated heterocycles. The Labute approximate surface area is 234 Å². The molecule has 12 heteroatoms. The quantitative estimate of drug-likeness (QED) is 0.142. The lowest BCUT2D eigenvalue weighted by atomic mass is 10.0. The van der Waals surface area contributed by atoms with Crippen molar-refractivity contribution in [3.8, 4) is 11.5 Å². The van der Waals surface area contributed by atoms with Gasteiger partial charge in [0.25, 0.3) is 16.0 Å². The van der Waals surface area contributed by atoms with Gasteiger partial charge in [-0.15, -0.1) is 10.2 Å². The Balaban J connectivity index is 1.87. The van der Waals surface area contributed by atoms with Gasteiger partial charge in [-0.25, -0.2) is 0 Å². The van der Waals surface area contributed by atoms with E-state index in [0.29, 0.717) is 40.1 Å². The zero-order valence-electron chi connectivity index (χ0n) is 20.8. The highest BCUT2D eigenvalue weighted by atomic mass is 35.5. The molecule has 0 fully saturated rings. The number of nitrogens with zero attached hydrogens (tertiary/aromatic N) is 2. The van der Waals surface area contributed by atoms with E-state index in [1.54, 1.807) is 62.4 Å². The number of phenolic OH excluding ortho intramolecular Hbond substituents is 1. The summed E-state index contributed by atoms with van der Waals surface area (Å²) in [5.74, 6) is -0.891. The molecule has 3 N–H and O–H groups in total. The van der Waals surface area contributed by atoms with Crippen molar-refractivity contribution in [1.82, 2.24) is 0 Å². The molecular weight excluding hydrogens is 565 g/mol. The molecule has 0 unspecified atom stereocenters. The Kier molecular flexibility index (Phi) is 8.41. The first-order valence-corrected chi connectivity index (χ1v) is 13.9. The van der Waals surface area contributed by atoms with Crippen LogP contribution in [0.2, 0.25) is 10.0 Å². The van der Waals surface area contributed by atoms with Gasteiger partial charge < -0.3 is 15.2 Å². The zero-order valence-corrected chi connectivity index (χ0v) is 23.1. The van der Waals surface area contributed by atoms with Gasteiger partial charge in [-0.05, 0) is 48.6 Å². The molecule has 39 heavy (non-hydrogen) atoms. The van der Waals surface area contributed by atoms with E-state index in [0.717, 1.165) is 0 Å². The molecule has 0 aromatic heterocycles. The summed E-state index contributed by atoms with van der Waals surface area (Å²) < 4.78 is 39.6. The number of nitrogens with one attached hydrogen (secondary N) is 1. The van der Waals surface area contributed by atoms with Crippen LogP contribution in [-0.2, 0) is 16.5 Å². The summed E-state index contributed by atoms with van der Waals surface area (Å²) in [7, 11) is -4.76. The first-order valence-electron chi connectivity index (χ1n) is 11.7. The van der Waals surface area contributed by atoms with E-state index >= 15 is 0 Å². The number of aromatic hydroxyl groups is 1. The molecule has 0 saturated carbocycles. The summed E-state index contributed by atoms with van der Waals surface area (Å²) in [4.78, 5) is 12.7. The Morgan fingerprint density at radius 1 is 0.974 bits per heavy atom. The molecule has 4 aromatic rings. The number of hydrogen-bond donors (Lipinski definition) is 3. The standard InChI is InChI=1S/C27H23Cl2N3O6S/c1-3-15-12-13-20(29)26(39(35,36)37)22(15)31-32-23-17-9-6-5-8-16(17)14-18(24(23)33)27(34)30-21-11-7-10-19(28)25(21)38-4-2/h5-14,33H,3-4H2,1-2H3,(H,30,34)(H,35,36,37). The van der Waals surface area contributed by atoms with Crippen LogP contribution in [0, 0.1) is 0 Å². The van der Waals surface area contributed by atoms with Gasteiger partial charge in [-0.3, -0.25) is 9.35 Å². The molecule has 0 aliphatic rings. The summed E-state index contributed by atoms with van der Waals surface area (Å²) in [5.41, 5.74) is 0.359. The molecule has 1 amide bonds. The fraction of sp³-hybridized carbons (Fsp3) is 0.148. The number of fused-ring (bicyclic) bond motifs is 1. The zero-order chi connectivity index (χ0) is 28.3. The largest absolute Gasteiger partial charge is 0.505 e. The molecule has 202 valence electrons. The van der Waals surface area contributed by atoms with E-state index in [1.807, 2.05) is 0 Å². The van der Waals surface area contributed by atoms with Gasteiger partial charge in [-0.2, -0.15) is 8.42 Å². The predicted molar refractivity (Wildman–Crippen MR) is 151 cm³/mol. The molecule has 0 bridgehead atoms. The maximum absolute atomic E-state index is 13.3. The molecule has 0 atom stereocenters. The summed E-state index contributed by atoms with van der Waals surface area (Å²) in [6, 6.07) is 16.1. The average Bonchev–Trinajstić information content (AvgIpc) is 2.89. The fourth-order valence-corrected chi connectivity index (χ4v) is 5.41. The van der Waals surface area contributed by atoms with Crippen LogP contribution in [0.3, 0.4) is 0 Å². The monoisotopic (exact) mass is 587 g/mol. The normalized spacial score (nSPS) is 11.7. The Morgan fingerprint density at radius 3 is 2.38 bits per heavy atom. The van der Waals surface area contributed by atoms with Gasteiger partial charge in [0.05, 0.1) is 27.9 Å². The third kappa shape index (κ3) is 5.84. The molecule has 9 nitrogen and oxygen atoms in total. The third-order valence-electron chi connectivity index (χ3n) is 5.80. The topological polar surface area (TPSA) is 138 Å². The highest BCUT2D eigenvalue weighted by Gasteiger charge is 2.24. The van der Waals surface area contributed by atoms with Crippen LogP contribution >= 0.6 is 23.2 Å². The SMILES string of the molecule is CCOc1c(Cl)cccc1NC(=O)c1cc2ccccc2c(N=Nc2c(CC)ccc(Cl)c2S(=O)(=O)O)c1O. The van der Waals surface area contributed by atoms with Crippen molar-refractivity contribution >= 4 is 67.1 Å². The van der Waals surface area contributed by atoms with Gasteiger partial charge in [0.15, 0.2) is 11.5 Å². The lowest BCUT2D eigenvalue weighted by Gasteiger charge is -2.15. The number of ether oxygens (including phenoxy) is 1.